The van der Waals surface area contributed by atoms with Crippen LogP contribution in [0, 0.1) is 4.91 Å². The zero-order valence-corrected chi connectivity index (χ0v) is 14.4. The summed E-state index contributed by atoms with van der Waals surface area (Å²) in [5, 5.41) is 12.5. The van der Waals surface area contributed by atoms with Gasteiger partial charge in [-0.1, -0.05) is 29.8 Å². The predicted molar refractivity (Wildman–Crippen MR) is 97.5 cm³/mol. The van der Waals surface area contributed by atoms with E-state index >= 15 is 0 Å². The first-order chi connectivity index (χ1) is 13.0. The third kappa shape index (κ3) is 3.28. The monoisotopic (exact) mass is 383 g/mol. The van der Waals surface area contributed by atoms with Crippen LogP contribution >= 0.6 is 11.6 Å². The zero-order valence-electron chi connectivity index (χ0n) is 13.7. The van der Waals surface area contributed by atoms with Gasteiger partial charge in [0.1, 0.15) is 11.3 Å². The van der Waals surface area contributed by atoms with Crippen molar-refractivity contribution in [3.05, 3.63) is 76.2 Å². The van der Waals surface area contributed by atoms with E-state index in [1.54, 1.807) is 48.5 Å². The van der Waals surface area contributed by atoms with Crippen LogP contribution in [0.1, 0.15) is 10.4 Å². The van der Waals surface area contributed by atoms with Crippen molar-refractivity contribution >= 4 is 28.9 Å². The predicted octanol–water partition coefficient (Wildman–Crippen LogP) is 5.29. The Morgan fingerprint density at radius 2 is 1.85 bits per heavy atom. The molecule has 7 nitrogen and oxygen atoms in total. The lowest BCUT2D eigenvalue weighted by Gasteiger charge is -2.12. The fraction of sp³-hybridized carbons (Fsp3) is 0. The molecule has 27 heavy (non-hydrogen) atoms. The second kappa shape index (κ2) is 6.62. The first kappa shape index (κ1) is 16.9. The molecule has 1 amide bonds. The molecule has 3 aromatic carbocycles. The first-order valence-electron chi connectivity index (χ1n) is 7.87. The number of carbonyl (C=O) groups is 1. The summed E-state index contributed by atoms with van der Waals surface area (Å²) in [6, 6.07) is 15.9. The number of hydrogen-bond donors (Lipinski definition) is 2. The smallest absolute Gasteiger partial charge is 0.324 e. The minimum Gasteiger partial charge on any atom is -0.456 e. The minimum atomic E-state index is -0.478. The SMILES string of the molecule is O=C1Nc2ccccc2Oc2cc([N+](=O)O)cc(Oc3cccc(Cl)c3)c21. The maximum absolute atomic E-state index is 12.8. The van der Waals surface area contributed by atoms with E-state index in [4.69, 9.17) is 21.1 Å². The fourth-order valence-corrected chi connectivity index (χ4v) is 2.87. The average molecular weight is 384 g/mol. The van der Waals surface area contributed by atoms with Crippen molar-refractivity contribution in [1.29, 1.82) is 0 Å². The van der Waals surface area contributed by atoms with Crippen LogP contribution in [-0.4, -0.2) is 16.0 Å². The summed E-state index contributed by atoms with van der Waals surface area (Å²) >= 11 is 5.97. The molecular formula is C19H12ClN2O5+. The molecule has 0 aliphatic carbocycles. The molecule has 0 fully saturated rings. The van der Waals surface area contributed by atoms with E-state index in [0.717, 1.165) is 0 Å². The summed E-state index contributed by atoms with van der Waals surface area (Å²) in [4.78, 5) is 23.9. The highest BCUT2D eigenvalue weighted by Gasteiger charge is 2.30. The molecule has 8 heteroatoms. The lowest BCUT2D eigenvalue weighted by molar-refractivity contribution is -0.729. The molecule has 0 atom stereocenters. The van der Waals surface area contributed by atoms with Crippen LogP contribution < -0.4 is 14.8 Å². The lowest BCUT2D eigenvalue weighted by Crippen LogP contribution is -2.12. The third-order valence-electron chi connectivity index (χ3n) is 3.88. The highest BCUT2D eigenvalue weighted by Crippen LogP contribution is 2.42. The Balaban J connectivity index is 1.87. The van der Waals surface area contributed by atoms with Gasteiger partial charge in [0.2, 0.25) is 0 Å². The molecule has 4 rings (SSSR count). The molecule has 1 aliphatic heterocycles. The Morgan fingerprint density at radius 1 is 1.04 bits per heavy atom. The number of anilines is 1. The van der Waals surface area contributed by atoms with Gasteiger partial charge in [-0.3, -0.25) is 4.79 Å². The average Bonchev–Trinajstić information content (AvgIpc) is 2.77. The lowest BCUT2D eigenvalue weighted by atomic mass is 10.1. The topological polar surface area (TPSA) is 87.9 Å². The molecule has 1 aliphatic rings. The summed E-state index contributed by atoms with van der Waals surface area (Å²) in [6.45, 7) is 0. The number of amides is 1. The van der Waals surface area contributed by atoms with E-state index in [1.165, 1.54) is 12.1 Å². The second-order valence-electron chi connectivity index (χ2n) is 5.70. The quantitative estimate of drug-likeness (QED) is 0.600. The van der Waals surface area contributed by atoms with Crippen LogP contribution in [0.15, 0.2) is 60.7 Å². The maximum Gasteiger partial charge on any atom is 0.324 e. The largest absolute Gasteiger partial charge is 0.456 e. The van der Waals surface area contributed by atoms with Gasteiger partial charge in [0.15, 0.2) is 17.2 Å². The molecule has 0 saturated heterocycles. The van der Waals surface area contributed by atoms with Crippen LogP contribution in [0.3, 0.4) is 0 Å². The van der Waals surface area contributed by atoms with Gasteiger partial charge in [0.25, 0.3) is 10.8 Å². The molecule has 1 heterocycles. The molecule has 0 bridgehead atoms. The number of para-hydroxylation sites is 2. The van der Waals surface area contributed by atoms with E-state index in [9.17, 15) is 14.9 Å². The van der Waals surface area contributed by atoms with Crippen molar-refractivity contribution in [2.75, 3.05) is 5.32 Å². The van der Waals surface area contributed by atoms with Gasteiger partial charge in [0, 0.05) is 5.02 Å². The van der Waals surface area contributed by atoms with Crippen LogP contribution in [0.25, 0.3) is 0 Å². The molecule has 2 N–H and O–H groups in total. The highest BCUT2D eigenvalue weighted by molar-refractivity contribution is 6.30. The number of carbonyl (C=O) groups excluding carboxylic acids is 1. The Kier molecular flexibility index (Phi) is 4.13. The number of hydrogen-bond acceptors (Lipinski definition) is 4. The van der Waals surface area contributed by atoms with E-state index in [-0.39, 0.29) is 27.7 Å². The number of fused-ring (bicyclic) bond motifs is 2. The Bertz CT molecular complexity index is 1080. The Morgan fingerprint density at radius 3 is 2.63 bits per heavy atom. The molecule has 3 aromatic rings. The van der Waals surface area contributed by atoms with Gasteiger partial charge in [0.05, 0.1) is 22.7 Å². The molecule has 0 saturated carbocycles. The first-order valence-corrected chi connectivity index (χ1v) is 8.25. The van der Waals surface area contributed by atoms with Crippen molar-refractivity contribution < 1.29 is 24.4 Å². The number of rotatable bonds is 3. The number of nitrogens with zero attached hydrogens (tertiary/aromatic N) is 1. The van der Waals surface area contributed by atoms with E-state index in [1.807, 2.05) is 0 Å². The standard InChI is InChI=1S/C19H11ClN2O5/c20-11-4-3-5-13(8-11)26-16-9-12(22(24)25)10-17-18(16)19(23)21-14-6-1-2-7-15(14)27-17/h1-10H,(H-,21,23,24,25)/p+1. The van der Waals surface area contributed by atoms with Crippen LogP contribution in [0.2, 0.25) is 5.02 Å². The molecule has 0 unspecified atom stereocenters. The van der Waals surface area contributed by atoms with Crippen molar-refractivity contribution in [2.24, 2.45) is 0 Å². The van der Waals surface area contributed by atoms with Gasteiger partial charge in [-0.15, -0.1) is 0 Å². The Hall–Kier alpha value is -3.58. The summed E-state index contributed by atoms with van der Waals surface area (Å²) in [7, 11) is 0. The molecule has 0 spiro atoms. The molecule has 134 valence electrons. The number of nitrogens with one attached hydrogen (secondary N) is 1. The number of ether oxygens (including phenoxy) is 2. The van der Waals surface area contributed by atoms with Gasteiger partial charge < -0.3 is 14.8 Å². The summed E-state index contributed by atoms with van der Waals surface area (Å²) in [6.07, 6.45) is 0. The number of halogens is 1. The summed E-state index contributed by atoms with van der Waals surface area (Å²) in [5.74, 6) is 0.374. The summed E-state index contributed by atoms with van der Waals surface area (Å²) < 4.78 is 11.6. The van der Waals surface area contributed by atoms with Crippen molar-refractivity contribution in [3.8, 4) is 23.0 Å². The fourth-order valence-electron chi connectivity index (χ4n) is 2.69. The Labute approximate surface area is 158 Å². The molecule has 0 aromatic heterocycles. The van der Waals surface area contributed by atoms with E-state index in [0.29, 0.717) is 22.2 Å². The van der Waals surface area contributed by atoms with Gasteiger partial charge in [-0.25, -0.2) is 5.21 Å². The minimum absolute atomic E-state index is 0.0324. The summed E-state index contributed by atoms with van der Waals surface area (Å²) in [5.41, 5.74) is 0.395. The van der Waals surface area contributed by atoms with Crippen molar-refractivity contribution in [3.63, 3.8) is 0 Å². The molecular weight excluding hydrogens is 372 g/mol. The van der Waals surface area contributed by atoms with Gasteiger partial charge >= 0.3 is 5.69 Å². The van der Waals surface area contributed by atoms with Crippen molar-refractivity contribution in [2.45, 2.75) is 0 Å². The van der Waals surface area contributed by atoms with Crippen LogP contribution in [0.4, 0.5) is 11.4 Å². The third-order valence-corrected chi connectivity index (χ3v) is 4.11. The van der Waals surface area contributed by atoms with Crippen molar-refractivity contribution in [1.82, 2.24) is 0 Å². The second-order valence-corrected chi connectivity index (χ2v) is 6.14. The van der Waals surface area contributed by atoms with E-state index in [2.05, 4.69) is 5.32 Å². The van der Waals surface area contributed by atoms with Crippen LogP contribution in [-0.2, 0) is 0 Å². The zero-order chi connectivity index (χ0) is 19.0. The van der Waals surface area contributed by atoms with Gasteiger partial charge in [-0.2, -0.15) is 0 Å². The van der Waals surface area contributed by atoms with Crippen LogP contribution in [0.5, 0.6) is 23.0 Å². The number of benzene rings is 3. The molecule has 0 radical (unpaired) electrons. The maximum atomic E-state index is 12.8. The van der Waals surface area contributed by atoms with Gasteiger partial charge in [-0.05, 0) is 30.3 Å². The van der Waals surface area contributed by atoms with E-state index < -0.39 is 5.91 Å². The normalized spacial score (nSPS) is 12.1. The highest BCUT2D eigenvalue weighted by atomic mass is 35.5.